The minimum atomic E-state index is -0.272. The summed E-state index contributed by atoms with van der Waals surface area (Å²) in [6, 6.07) is 14.7. The van der Waals surface area contributed by atoms with Crippen LogP contribution in [0.1, 0.15) is 46.3 Å². The van der Waals surface area contributed by atoms with Crippen LogP contribution in [0, 0.1) is 0 Å². The molecule has 0 radical (unpaired) electrons. The summed E-state index contributed by atoms with van der Waals surface area (Å²) in [6.07, 6.45) is 7.24. The van der Waals surface area contributed by atoms with Gasteiger partial charge in [-0.15, -0.1) is 5.10 Å². The van der Waals surface area contributed by atoms with Gasteiger partial charge in [0.25, 0.3) is 11.8 Å². The van der Waals surface area contributed by atoms with Gasteiger partial charge in [-0.05, 0) is 68.3 Å². The summed E-state index contributed by atoms with van der Waals surface area (Å²) < 4.78 is 9.49. The Labute approximate surface area is 201 Å². The molecule has 35 heavy (non-hydrogen) atoms. The fourth-order valence-electron chi connectivity index (χ4n) is 3.59. The Balaban J connectivity index is 1.38. The predicted octanol–water partition coefficient (Wildman–Crippen LogP) is 2.67. The van der Waals surface area contributed by atoms with E-state index in [1.54, 1.807) is 41.5 Å². The second-order valence-corrected chi connectivity index (χ2v) is 8.20. The molecular formula is C25H25N7O3. The molecule has 2 heterocycles. The molecule has 0 unspecified atom stereocenters. The molecule has 2 aromatic heterocycles. The lowest BCUT2D eigenvalue weighted by Crippen LogP contribution is -2.27. The Bertz CT molecular complexity index is 1310. The Morgan fingerprint density at radius 1 is 1.03 bits per heavy atom. The molecule has 2 amide bonds. The predicted molar refractivity (Wildman–Crippen MR) is 128 cm³/mol. The maximum absolute atomic E-state index is 12.8. The van der Waals surface area contributed by atoms with Gasteiger partial charge < -0.3 is 19.9 Å². The van der Waals surface area contributed by atoms with Gasteiger partial charge in [-0.3, -0.25) is 9.59 Å². The molecule has 178 valence electrons. The average molecular weight is 472 g/mol. The van der Waals surface area contributed by atoms with Crippen LogP contribution in [0.25, 0.3) is 11.4 Å². The first-order valence-electron chi connectivity index (χ1n) is 11.5. The minimum Gasteiger partial charge on any atom is -0.487 e. The van der Waals surface area contributed by atoms with Gasteiger partial charge in [0.2, 0.25) is 0 Å². The zero-order chi connectivity index (χ0) is 24.2. The van der Waals surface area contributed by atoms with Crippen LogP contribution in [-0.4, -0.2) is 48.9 Å². The summed E-state index contributed by atoms with van der Waals surface area (Å²) in [6.45, 7) is 2.50. The smallest absolute Gasteiger partial charge is 0.274 e. The number of benzene rings is 2. The second kappa shape index (κ2) is 9.80. The molecule has 2 aromatic carbocycles. The summed E-state index contributed by atoms with van der Waals surface area (Å²) in [5, 5.41) is 14.1. The largest absolute Gasteiger partial charge is 0.487 e. The van der Waals surface area contributed by atoms with Gasteiger partial charge in [0.1, 0.15) is 18.1 Å². The Hall–Kier alpha value is -4.47. The monoisotopic (exact) mass is 471 g/mol. The molecule has 1 fully saturated rings. The van der Waals surface area contributed by atoms with Crippen LogP contribution in [0.2, 0.25) is 0 Å². The molecule has 0 saturated heterocycles. The number of hydrogen-bond acceptors (Lipinski definition) is 6. The number of rotatable bonds is 9. The van der Waals surface area contributed by atoms with Gasteiger partial charge in [-0.25, -0.2) is 9.67 Å². The lowest BCUT2D eigenvalue weighted by Gasteiger charge is -2.11. The standard InChI is InChI=1S/C25H25N7O3/c1-2-27-24(33)17-3-7-20(8-4-17)32-22(23(29-30-32)25(34)28-18-5-6-18)15-35-21-11-9-19(10-12-21)31-14-13-26-16-31/h3-4,7-14,16,18H,2,5-6,15H2,1H3,(H,27,33)(H,28,34). The fraction of sp³-hybridized carbons (Fsp3) is 0.240. The van der Waals surface area contributed by atoms with Gasteiger partial charge in [0.05, 0.1) is 12.0 Å². The van der Waals surface area contributed by atoms with Crippen LogP contribution in [0.5, 0.6) is 5.75 Å². The van der Waals surface area contributed by atoms with E-state index in [2.05, 4.69) is 25.9 Å². The summed E-state index contributed by atoms with van der Waals surface area (Å²) >= 11 is 0. The number of nitrogens with one attached hydrogen (secondary N) is 2. The van der Waals surface area contributed by atoms with Crippen molar-refractivity contribution < 1.29 is 14.3 Å². The number of hydrogen-bond donors (Lipinski definition) is 2. The maximum atomic E-state index is 12.8. The van der Waals surface area contributed by atoms with E-state index in [1.165, 1.54) is 0 Å². The molecule has 1 aliphatic rings. The molecule has 10 nitrogen and oxygen atoms in total. The van der Waals surface area contributed by atoms with Crippen molar-refractivity contribution in [2.45, 2.75) is 32.4 Å². The Kier molecular flexibility index (Phi) is 6.25. The molecule has 0 spiro atoms. The summed E-state index contributed by atoms with van der Waals surface area (Å²) in [5.74, 6) is 0.221. The van der Waals surface area contributed by atoms with E-state index in [9.17, 15) is 9.59 Å². The van der Waals surface area contributed by atoms with Crippen LogP contribution >= 0.6 is 0 Å². The normalized spacial score (nSPS) is 12.8. The zero-order valence-corrected chi connectivity index (χ0v) is 19.2. The highest BCUT2D eigenvalue weighted by atomic mass is 16.5. The van der Waals surface area contributed by atoms with E-state index in [1.807, 2.05) is 42.0 Å². The number of carbonyl (C=O) groups is 2. The molecule has 1 aliphatic carbocycles. The van der Waals surface area contributed by atoms with E-state index < -0.39 is 0 Å². The van der Waals surface area contributed by atoms with Gasteiger partial charge in [0.15, 0.2) is 5.69 Å². The third kappa shape index (κ3) is 5.06. The van der Waals surface area contributed by atoms with E-state index >= 15 is 0 Å². The molecule has 2 N–H and O–H groups in total. The van der Waals surface area contributed by atoms with Crippen LogP contribution in [0.3, 0.4) is 0 Å². The summed E-state index contributed by atoms with van der Waals surface area (Å²) in [4.78, 5) is 29.0. The van der Waals surface area contributed by atoms with Crippen LogP contribution in [0.15, 0.2) is 67.3 Å². The summed E-state index contributed by atoms with van der Waals surface area (Å²) in [7, 11) is 0. The Morgan fingerprint density at radius 3 is 2.43 bits per heavy atom. The molecule has 10 heteroatoms. The van der Waals surface area contributed by atoms with Crippen molar-refractivity contribution in [1.82, 2.24) is 35.2 Å². The van der Waals surface area contributed by atoms with Crippen molar-refractivity contribution in [3.8, 4) is 17.1 Å². The third-order valence-electron chi connectivity index (χ3n) is 5.62. The first-order valence-corrected chi connectivity index (χ1v) is 11.5. The average Bonchev–Trinajstić information content (AvgIpc) is 3.34. The van der Waals surface area contributed by atoms with E-state index in [0.717, 1.165) is 18.5 Å². The van der Waals surface area contributed by atoms with Crippen LogP contribution < -0.4 is 15.4 Å². The van der Waals surface area contributed by atoms with Crippen LogP contribution in [0.4, 0.5) is 0 Å². The maximum Gasteiger partial charge on any atom is 0.274 e. The number of ether oxygens (including phenoxy) is 1. The first kappa shape index (κ1) is 22.3. The summed E-state index contributed by atoms with van der Waals surface area (Å²) in [5.41, 5.74) is 2.91. The van der Waals surface area contributed by atoms with Gasteiger partial charge >= 0.3 is 0 Å². The highest BCUT2D eigenvalue weighted by molar-refractivity contribution is 5.94. The van der Waals surface area contributed by atoms with Gasteiger partial charge in [-0.1, -0.05) is 5.21 Å². The number of aromatic nitrogens is 5. The molecule has 0 bridgehead atoms. The fourth-order valence-corrected chi connectivity index (χ4v) is 3.59. The molecular weight excluding hydrogens is 446 g/mol. The number of carbonyl (C=O) groups excluding carboxylic acids is 2. The highest BCUT2D eigenvalue weighted by Gasteiger charge is 2.28. The first-order chi connectivity index (χ1) is 17.1. The van der Waals surface area contributed by atoms with Crippen molar-refractivity contribution in [3.05, 3.63) is 84.2 Å². The van der Waals surface area contributed by atoms with Crippen molar-refractivity contribution in [1.29, 1.82) is 0 Å². The quantitative estimate of drug-likeness (QED) is 0.388. The van der Waals surface area contributed by atoms with Crippen molar-refractivity contribution in [2.75, 3.05) is 6.54 Å². The van der Waals surface area contributed by atoms with Crippen molar-refractivity contribution >= 4 is 11.8 Å². The van der Waals surface area contributed by atoms with Gasteiger partial charge in [0, 0.05) is 36.2 Å². The van der Waals surface area contributed by atoms with E-state index in [0.29, 0.717) is 29.2 Å². The number of amides is 2. The zero-order valence-electron chi connectivity index (χ0n) is 19.2. The second-order valence-electron chi connectivity index (χ2n) is 8.20. The minimum absolute atomic E-state index is 0.0862. The SMILES string of the molecule is CCNC(=O)c1ccc(-n2nnc(C(=O)NC3CC3)c2COc2ccc(-n3ccnc3)cc2)cc1. The molecule has 1 saturated carbocycles. The highest BCUT2D eigenvalue weighted by Crippen LogP contribution is 2.22. The molecule has 5 rings (SSSR count). The van der Waals surface area contributed by atoms with E-state index in [4.69, 9.17) is 4.74 Å². The molecule has 0 aliphatic heterocycles. The van der Waals surface area contributed by atoms with E-state index in [-0.39, 0.29) is 30.2 Å². The molecule has 0 atom stereocenters. The lowest BCUT2D eigenvalue weighted by atomic mass is 10.2. The Morgan fingerprint density at radius 2 is 1.77 bits per heavy atom. The third-order valence-corrected chi connectivity index (χ3v) is 5.62. The topological polar surface area (TPSA) is 116 Å². The van der Waals surface area contributed by atoms with Crippen molar-refractivity contribution in [3.63, 3.8) is 0 Å². The van der Waals surface area contributed by atoms with Crippen molar-refractivity contribution in [2.24, 2.45) is 0 Å². The lowest BCUT2D eigenvalue weighted by molar-refractivity contribution is 0.0939. The van der Waals surface area contributed by atoms with Crippen LogP contribution in [-0.2, 0) is 6.61 Å². The number of imidazole rings is 1. The number of nitrogens with zero attached hydrogens (tertiary/aromatic N) is 5. The van der Waals surface area contributed by atoms with Gasteiger partial charge in [-0.2, -0.15) is 0 Å². The molecule has 4 aromatic rings.